The predicted molar refractivity (Wildman–Crippen MR) is 92.5 cm³/mol. The van der Waals surface area contributed by atoms with Crippen molar-refractivity contribution in [3.63, 3.8) is 0 Å². The summed E-state index contributed by atoms with van der Waals surface area (Å²) in [6, 6.07) is 7.99. The Morgan fingerprint density at radius 2 is 1.91 bits per heavy atom. The Morgan fingerprint density at radius 1 is 1.17 bits per heavy atom. The molecule has 1 aliphatic rings. The minimum atomic E-state index is -0.239. The highest BCUT2D eigenvalue weighted by atomic mass is 16.5. The number of aliphatic hydroxyl groups excluding tert-OH is 1. The fraction of sp³-hybridized carbons (Fsp3) is 0.632. The third-order valence-corrected chi connectivity index (χ3v) is 4.47. The molecule has 0 aromatic heterocycles. The van der Waals surface area contributed by atoms with Crippen molar-refractivity contribution < 1.29 is 14.6 Å². The van der Waals surface area contributed by atoms with Crippen LogP contribution in [0.2, 0.25) is 0 Å². The molecule has 0 atom stereocenters. The molecule has 4 heteroatoms. The first-order chi connectivity index (χ1) is 11.3. The third kappa shape index (κ3) is 7.04. The zero-order chi connectivity index (χ0) is 16.3. The van der Waals surface area contributed by atoms with Gasteiger partial charge in [0.2, 0.25) is 0 Å². The number of anilines is 1. The Morgan fingerprint density at radius 3 is 2.61 bits per heavy atom. The minimum absolute atomic E-state index is 0.0501. The van der Waals surface area contributed by atoms with E-state index in [0.29, 0.717) is 6.42 Å². The molecule has 0 radical (unpaired) electrons. The van der Waals surface area contributed by atoms with Crippen LogP contribution in [0.25, 0.3) is 0 Å². The van der Waals surface area contributed by atoms with Crippen LogP contribution in [0.4, 0.5) is 5.69 Å². The first kappa shape index (κ1) is 17.8. The van der Waals surface area contributed by atoms with Gasteiger partial charge in [-0.25, -0.2) is 0 Å². The zero-order valence-electron chi connectivity index (χ0n) is 13.9. The molecule has 0 unspecified atom stereocenters. The lowest BCUT2D eigenvalue weighted by molar-refractivity contribution is -0.143. The van der Waals surface area contributed by atoms with E-state index in [0.717, 1.165) is 23.7 Å². The summed E-state index contributed by atoms with van der Waals surface area (Å²) >= 11 is 0. The van der Waals surface area contributed by atoms with Gasteiger partial charge in [-0.05, 0) is 30.0 Å². The number of nitrogens with one attached hydrogen (secondary N) is 1. The van der Waals surface area contributed by atoms with Gasteiger partial charge >= 0.3 is 5.97 Å². The molecule has 2 rings (SSSR count). The number of carbonyl (C=O) groups excluding carboxylic acids is 1. The standard InChI is InChI=1S/C19H29NO3/c21-13-4-14-23-19(22)15-17-7-9-18(10-8-17)20-12-11-16-5-2-1-3-6-16/h7-10,16,20-21H,1-6,11-15H2. The lowest BCUT2D eigenvalue weighted by atomic mass is 9.87. The summed E-state index contributed by atoms with van der Waals surface area (Å²) in [6.07, 6.45) is 9.01. The molecule has 1 fully saturated rings. The number of aliphatic hydroxyl groups is 1. The summed E-state index contributed by atoms with van der Waals surface area (Å²) in [5.41, 5.74) is 2.06. The van der Waals surface area contributed by atoms with Gasteiger partial charge in [-0.15, -0.1) is 0 Å². The molecule has 2 N–H and O–H groups in total. The van der Waals surface area contributed by atoms with Crippen LogP contribution in [0.3, 0.4) is 0 Å². The monoisotopic (exact) mass is 319 g/mol. The third-order valence-electron chi connectivity index (χ3n) is 4.47. The Bertz CT molecular complexity index is 452. The van der Waals surface area contributed by atoms with Gasteiger partial charge in [0.25, 0.3) is 0 Å². The second-order valence-electron chi connectivity index (χ2n) is 6.39. The molecule has 0 heterocycles. The molecule has 4 nitrogen and oxygen atoms in total. The molecule has 1 saturated carbocycles. The van der Waals surface area contributed by atoms with Crippen LogP contribution >= 0.6 is 0 Å². The highest BCUT2D eigenvalue weighted by Gasteiger charge is 2.12. The normalized spacial score (nSPS) is 15.3. The lowest BCUT2D eigenvalue weighted by Gasteiger charge is -2.21. The molecule has 1 aromatic rings. The quantitative estimate of drug-likeness (QED) is 0.540. The molecule has 0 saturated heterocycles. The van der Waals surface area contributed by atoms with Gasteiger partial charge in [-0.3, -0.25) is 4.79 Å². The maximum Gasteiger partial charge on any atom is 0.310 e. The van der Waals surface area contributed by atoms with Gasteiger partial charge in [0.15, 0.2) is 0 Å². The molecule has 1 aromatic carbocycles. The van der Waals surface area contributed by atoms with Crippen LogP contribution in [0.5, 0.6) is 0 Å². The molecule has 0 spiro atoms. The van der Waals surface area contributed by atoms with Crippen LogP contribution in [0.15, 0.2) is 24.3 Å². The smallest absolute Gasteiger partial charge is 0.310 e. The average molecular weight is 319 g/mol. The Labute approximate surface area is 139 Å². The molecule has 1 aliphatic carbocycles. The number of esters is 1. The van der Waals surface area contributed by atoms with E-state index in [4.69, 9.17) is 9.84 Å². The van der Waals surface area contributed by atoms with E-state index in [1.54, 1.807) is 0 Å². The van der Waals surface area contributed by atoms with E-state index in [1.165, 1.54) is 38.5 Å². The average Bonchev–Trinajstić information content (AvgIpc) is 2.58. The van der Waals surface area contributed by atoms with Gasteiger partial charge in [-0.2, -0.15) is 0 Å². The molecule has 128 valence electrons. The van der Waals surface area contributed by atoms with E-state index in [-0.39, 0.29) is 25.6 Å². The van der Waals surface area contributed by atoms with Crippen LogP contribution in [0.1, 0.15) is 50.5 Å². The zero-order valence-corrected chi connectivity index (χ0v) is 13.9. The highest BCUT2D eigenvalue weighted by molar-refractivity contribution is 5.72. The van der Waals surface area contributed by atoms with Crippen molar-refractivity contribution in [3.8, 4) is 0 Å². The van der Waals surface area contributed by atoms with E-state index in [9.17, 15) is 4.79 Å². The first-order valence-corrected chi connectivity index (χ1v) is 8.87. The number of rotatable bonds is 9. The largest absolute Gasteiger partial charge is 0.465 e. The summed E-state index contributed by atoms with van der Waals surface area (Å²) in [5, 5.41) is 12.1. The fourth-order valence-corrected chi connectivity index (χ4v) is 3.11. The summed E-state index contributed by atoms with van der Waals surface area (Å²) in [7, 11) is 0. The molecular weight excluding hydrogens is 290 g/mol. The topological polar surface area (TPSA) is 58.6 Å². The van der Waals surface area contributed by atoms with Gasteiger partial charge in [0, 0.05) is 25.3 Å². The molecule has 0 bridgehead atoms. The van der Waals surface area contributed by atoms with Gasteiger partial charge < -0.3 is 15.2 Å². The highest BCUT2D eigenvalue weighted by Crippen LogP contribution is 2.26. The number of carbonyl (C=O) groups is 1. The van der Waals surface area contributed by atoms with E-state index in [1.807, 2.05) is 24.3 Å². The Kier molecular flexibility index (Phi) is 7.95. The summed E-state index contributed by atoms with van der Waals surface area (Å²) in [4.78, 5) is 11.6. The summed E-state index contributed by atoms with van der Waals surface area (Å²) in [5.74, 6) is 0.653. The summed E-state index contributed by atoms with van der Waals surface area (Å²) in [6.45, 7) is 1.36. The maximum atomic E-state index is 11.6. The Hall–Kier alpha value is -1.55. The fourth-order valence-electron chi connectivity index (χ4n) is 3.11. The van der Waals surface area contributed by atoms with Crippen LogP contribution in [-0.4, -0.2) is 30.8 Å². The SMILES string of the molecule is O=C(Cc1ccc(NCCC2CCCCC2)cc1)OCCCO. The Balaban J connectivity index is 1.66. The molecule has 0 amide bonds. The van der Waals surface area contributed by atoms with Crippen molar-refractivity contribution in [1.29, 1.82) is 0 Å². The van der Waals surface area contributed by atoms with Crippen molar-refractivity contribution in [2.75, 3.05) is 25.1 Å². The lowest BCUT2D eigenvalue weighted by Crippen LogP contribution is -2.12. The number of ether oxygens (including phenoxy) is 1. The molecular formula is C19H29NO3. The minimum Gasteiger partial charge on any atom is -0.465 e. The van der Waals surface area contributed by atoms with Crippen molar-refractivity contribution in [1.82, 2.24) is 0 Å². The van der Waals surface area contributed by atoms with E-state index >= 15 is 0 Å². The van der Waals surface area contributed by atoms with E-state index in [2.05, 4.69) is 5.32 Å². The number of hydrogen-bond donors (Lipinski definition) is 2. The number of hydrogen-bond acceptors (Lipinski definition) is 4. The van der Waals surface area contributed by atoms with Crippen molar-refractivity contribution in [2.24, 2.45) is 5.92 Å². The van der Waals surface area contributed by atoms with Crippen molar-refractivity contribution in [3.05, 3.63) is 29.8 Å². The maximum absolute atomic E-state index is 11.6. The van der Waals surface area contributed by atoms with Crippen LogP contribution < -0.4 is 5.32 Å². The molecule has 0 aliphatic heterocycles. The van der Waals surface area contributed by atoms with Crippen LogP contribution in [0, 0.1) is 5.92 Å². The van der Waals surface area contributed by atoms with Crippen molar-refractivity contribution in [2.45, 2.75) is 51.4 Å². The second kappa shape index (κ2) is 10.3. The number of benzene rings is 1. The van der Waals surface area contributed by atoms with Crippen molar-refractivity contribution >= 4 is 11.7 Å². The van der Waals surface area contributed by atoms with E-state index < -0.39 is 0 Å². The van der Waals surface area contributed by atoms with Gasteiger partial charge in [0.05, 0.1) is 13.0 Å². The summed E-state index contributed by atoms with van der Waals surface area (Å²) < 4.78 is 5.03. The van der Waals surface area contributed by atoms with Gasteiger partial charge in [-0.1, -0.05) is 44.2 Å². The van der Waals surface area contributed by atoms with Crippen LogP contribution in [-0.2, 0) is 16.0 Å². The van der Waals surface area contributed by atoms with Gasteiger partial charge in [0.1, 0.15) is 0 Å². The second-order valence-corrected chi connectivity index (χ2v) is 6.39. The molecule has 23 heavy (non-hydrogen) atoms. The first-order valence-electron chi connectivity index (χ1n) is 8.87. The predicted octanol–water partition coefficient (Wildman–Crippen LogP) is 3.54.